The van der Waals surface area contributed by atoms with E-state index in [0.29, 0.717) is 5.56 Å². The van der Waals surface area contributed by atoms with Crippen LogP contribution in [0.1, 0.15) is 17.2 Å². The first-order chi connectivity index (χ1) is 6.86. The van der Waals surface area contributed by atoms with E-state index in [2.05, 4.69) is 0 Å². The van der Waals surface area contributed by atoms with E-state index in [-0.39, 0.29) is 11.6 Å². The summed E-state index contributed by atoms with van der Waals surface area (Å²) in [4.78, 5) is 0. The summed E-state index contributed by atoms with van der Waals surface area (Å²) in [5.74, 6) is 0. The summed E-state index contributed by atoms with van der Waals surface area (Å²) >= 11 is 5.64. The van der Waals surface area contributed by atoms with Crippen molar-refractivity contribution in [2.75, 3.05) is 0 Å². The highest BCUT2D eigenvalue weighted by atomic mass is 35.5. The SMILES string of the molecule is NCc1ccc(C([O])C(F)(F)F)cc1Cl. The zero-order valence-electron chi connectivity index (χ0n) is 7.51. The second-order valence-corrected chi connectivity index (χ2v) is 3.38. The number of hydrogen-bond acceptors (Lipinski definition) is 1. The number of nitrogens with two attached hydrogens (primary N) is 1. The van der Waals surface area contributed by atoms with Crippen molar-refractivity contribution < 1.29 is 18.3 Å². The highest BCUT2D eigenvalue weighted by molar-refractivity contribution is 6.31. The highest BCUT2D eigenvalue weighted by Gasteiger charge is 2.41. The van der Waals surface area contributed by atoms with E-state index < -0.39 is 17.8 Å². The van der Waals surface area contributed by atoms with Crippen LogP contribution in [0.3, 0.4) is 0 Å². The lowest BCUT2D eigenvalue weighted by molar-refractivity contribution is -0.225. The Bertz CT molecular complexity index is 354. The maximum Gasteiger partial charge on any atom is 0.422 e. The topological polar surface area (TPSA) is 45.9 Å². The molecule has 0 aliphatic heterocycles. The fourth-order valence-electron chi connectivity index (χ4n) is 1.08. The van der Waals surface area contributed by atoms with Crippen molar-refractivity contribution in [3.05, 3.63) is 34.3 Å². The van der Waals surface area contributed by atoms with Crippen LogP contribution in [0, 0.1) is 0 Å². The summed E-state index contributed by atoms with van der Waals surface area (Å²) < 4.78 is 36.2. The molecule has 1 atom stereocenters. The third-order valence-electron chi connectivity index (χ3n) is 1.90. The van der Waals surface area contributed by atoms with Crippen LogP contribution in [0.4, 0.5) is 13.2 Å². The molecule has 6 heteroatoms. The summed E-state index contributed by atoms with van der Waals surface area (Å²) in [6.07, 6.45) is -7.56. The Hall–Kier alpha value is -0.780. The quantitative estimate of drug-likeness (QED) is 0.846. The molecule has 0 aromatic heterocycles. The Morgan fingerprint density at radius 3 is 2.40 bits per heavy atom. The van der Waals surface area contributed by atoms with Crippen molar-refractivity contribution in [3.63, 3.8) is 0 Å². The molecule has 0 aliphatic carbocycles. The van der Waals surface area contributed by atoms with Crippen molar-refractivity contribution in [2.24, 2.45) is 5.73 Å². The Morgan fingerprint density at radius 1 is 1.40 bits per heavy atom. The van der Waals surface area contributed by atoms with Gasteiger partial charge in [0.1, 0.15) is 0 Å². The lowest BCUT2D eigenvalue weighted by Crippen LogP contribution is -2.19. The molecule has 2 N–H and O–H groups in total. The van der Waals surface area contributed by atoms with E-state index in [4.69, 9.17) is 17.3 Å². The van der Waals surface area contributed by atoms with E-state index >= 15 is 0 Å². The van der Waals surface area contributed by atoms with Gasteiger partial charge in [-0.3, -0.25) is 0 Å². The van der Waals surface area contributed by atoms with Gasteiger partial charge >= 0.3 is 6.18 Å². The van der Waals surface area contributed by atoms with Gasteiger partial charge in [-0.15, -0.1) is 0 Å². The van der Waals surface area contributed by atoms with Gasteiger partial charge in [0.25, 0.3) is 0 Å². The Balaban J connectivity index is 3.02. The van der Waals surface area contributed by atoms with Crippen molar-refractivity contribution in [1.82, 2.24) is 0 Å². The molecule has 1 aromatic carbocycles. The number of halogens is 4. The minimum atomic E-state index is -4.80. The van der Waals surface area contributed by atoms with Crippen LogP contribution in [0.25, 0.3) is 0 Å². The van der Waals surface area contributed by atoms with Gasteiger partial charge in [0.05, 0.1) is 0 Å². The van der Waals surface area contributed by atoms with Crippen LogP contribution in [0.2, 0.25) is 5.02 Å². The average molecular weight is 239 g/mol. The summed E-state index contributed by atoms with van der Waals surface area (Å²) in [5.41, 5.74) is 5.39. The molecule has 15 heavy (non-hydrogen) atoms. The minimum absolute atomic E-state index is 0.0834. The molecule has 2 nitrogen and oxygen atoms in total. The predicted octanol–water partition coefficient (Wildman–Crippen LogP) is 2.83. The molecular formula is C9H8ClF3NO. The zero-order chi connectivity index (χ0) is 11.6. The van der Waals surface area contributed by atoms with Crippen LogP contribution in [-0.2, 0) is 11.7 Å². The van der Waals surface area contributed by atoms with Gasteiger partial charge < -0.3 is 5.73 Å². The zero-order valence-corrected chi connectivity index (χ0v) is 8.27. The summed E-state index contributed by atoms with van der Waals surface area (Å²) in [6.45, 7) is 0.120. The van der Waals surface area contributed by atoms with Gasteiger partial charge in [-0.25, -0.2) is 5.11 Å². The Kier molecular flexibility index (Phi) is 3.59. The van der Waals surface area contributed by atoms with Gasteiger partial charge in [0, 0.05) is 11.6 Å². The van der Waals surface area contributed by atoms with Gasteiger partial charge in [-0.05, 0) is 17.2 Å². The lowest BCUT2D eigenvalue weighted by Gasteiger charge is -2.13. The monoisotopic (exact) mass is 238 g/mol. The Morgan fingerprint density at radius 2 is 2.00 bits per heavy atom. The maximum absolute atomic E-state index is 12.1. The first-order valence-corrected chi connectivity index (χ1v) is 4.45. The Labute approximate surface area is 89.5 Å². The summed E-state index contributed by atoms with van der Waals surface area (Å²) in [6, 6.07) is 3.43. The maximum atomic E-state index is 12.1. The molecule has 1 unspecified atom stereocenters. The second kappa shape index (κ2) is 4.38. The number of rotatable bonds is 2. The van der Waals surface area contributed by atoms with Gasteiger partial charge in [-0.2, -0.15) is 13.2 Å². The molecule has 0 spiro atoms. The first kappa shape index (κ1) is 12.3. The molecule has 1 aromatic rings. The van der Waals surface area contributed by atoms with Crippen LogP contribution < -0.4 is 5.73 Å². The van der Waals surface area contributed by atoms with Crippen LogP contribution in [-0.4, -0.2) is 6.18 Å². The first-order valence-electron chi connectivity index (χ1n) is 4.07. The largest absolute Gasteiger partial charge is 0.422 e. The van der Waals surface area contributed by atoms with Crippen molar-refractivity contribution in [3.8, 4) is 0 Å². The fraction of sp³-hybridized carbons (Fsp3) is 0.333. The molecule has 1 rings (SSSR count). The second-order valence-electron chi connectivity index (χ2n) is 2.98. The van der Waals surface area contributed by atoms with Crippen LogP contribution in [0.5, 0.6) is 0 Å². The van der Waals surface area contributed by atoms with Gasteiger partial charge in [-0.1, -0.05) is 23.7 Å². The fourth-order valence-corrected chi connectivity index (χ4v) is 1.35. The molecule has 1 radical (unpaired) electrons. The third-order valence-corrected chi connectivity index (χ3v) is 2.25. The number of benzene rings is 1. The summed E-state index contributed by atoms with van der Waals surface area (Å²) in [7, 11) is 0. The minimum Gasteiger partial charge on any atom is -0.326 e. The number of alkyl halides is 3. The molecule has 83 valence electrons. The van der Waals surface area contributed by atoms with E-state index in [1.807, 2.05) is 0 Å². The van der Waals surface area contributed by atoms with E-state index in [0.717, 1.165) is 12.1 Å². The van der Waals surface area contributed by atoms with Gasteiger partial charge in [0.2, 0.25) is 6.10 Å². The van der Waals surface area contributed by atoms with E-state index in [1.165, 1.54) is 6.07 Å². The highest BCUT2D eigenvalue weighted by Crippen LogP contribution is 2.34. The lowest BCUT2D eigenvalue weighted by atomic mass is 10.1. The van der Waals surface area contributed by atoms with Crippen molar-refractivity contribution in [1.29, 1.82) is 0 Å². The van der Waals surface area contributed by atoms with E-state index in [1.54, 1.807) is 0 Å². The van der Waals surface area contributed by atoms with Crippen molar-refractivity contribution in [2.45, 2.75) is 18.8 Å². The molecule has 0 fully saturated rings. The molecule has 0 amide bonds. The van der Waals surface area contributed by atoms with Gasteiger partial charge in [0.15, 0.2) is 0 Å². The standard InChI is InChI=1S/C9H8ClF3NO/c10-7-3-5(1-2-6(7)4-14)8(15)9(11,12)13/h1-3,8H,4,14H2. The molecule has 0 heterocycles. The molecule has 0 aliphatic rings. The molecular weight excluding hydrogens is 231 g/mol. The van der Waals surface area contributed by atoms with Crippen LogP contribution >= 0.6 is 11.6 Å². The normalized spacial score (nSPS) is 14.0. The molecule has 0 saturated heterocycles. The average Bonchev–Trinajstić information content (AvgIpc) is 2.15. The van der Waals surface area contributed by atoms with E-state index in [9.17, 15) is 18.3 Å². The smallest absolute Gasteiger partial charge is 0.326 e. The van der Waals surface area contributed by atoms with Crippen LogP contribution in [0.15, 0.2) is 18.2 Å². The van der Waals surface area contributed by atoms with Crippen molar-refractivity contribution >= 4 is 11.6 Å². The third kappa shape index (κ3) is 2.84. The summed E-state index contributed by atoms with van der Waals surface area (Å²) in [5, 5.41) is 11.0. The number of hydrogen-bond donors (Lipinski definition) is 1. The molecule has 0 bridgehead atoms. The predicted molar refractivity (Wildman–Crippen MR) is 48.8 cm³/mol. The molecule has 0 saturated carbocycles.